The average molecular weight is 308 g/mol. The minimum absolute atomic E-state index is 0.0171. The van der Waals surface area contributed by atoms with E-state index >= 15 is 0 Å². The van der Waals surface area contributed by atoms with Crippen LogP contribution in [0.3, 0.4) is 0 Å². The van der Waals surface area contributed by atoms with Gasteiger partial charge >= 0.3 is 0 Å². The number of hydrogen-bond donors (Lipinski definition) is 1. The van der Waals surface area contributed by atoms with E-state index in [4.69, 9.17) is 10.5 Å². The molecule has 0 amide bonds. The largest absolute Gasteiger partial charge is 0.497 e. The van der Waals surface area contributed by atoms with Crippen molar-refractivity contribution < 1.29 is 4.74 Å². The molecule has 2 N–H and O–H groups in total. The van der Waals surface area contributed by atoms with E-state index in [9.17, 15) is 0 Å². The SMILES string of the molecule is COc1ccc(CC(C)(CN)N2CCSC(C)C2C)cc1. The molecule has 0 bridgehead atoms. The van der Waals surface area contributed by atoms with Crippen molar-refractivity contribution in [2.75, 3.05) is 26.0 Å². The summed E-state index contributed by atoms with van der Waals surface area (Å²) in [5.41, 5.74) is 7.51. The first-order valence-electron chi connectivity index (χ1n) is 7.71. The quantitative estimate of drug-likeness (QED) is 0.908. The number of methoxy groups -OCH3 is 1. The van der Waals surface area contributed by atoms with Crippen molar-refractivity contribution in [3.8, 4) is 5.75 Å². The van der Waals surface area contributed by atoms with Gasteiger partial charge < -0.3 is 10.5 Å². The highest BCUT2D eigenvalue weighted by Gasteiger charge is 2.37. The minimum atomic E-state index is 0.0171. The fourth-order valence-corrected chi connectivity index (χ4v) is 4.27. The lowest BCUT2D eigenvalue weighted by Gasteiger charge is -2.49. The number of rotatable bonds is 5. The summed E-state index contributed by atoms with van der Waals surface area (Å²) in [6, 6.07) is 8.93. The third-order valence-electron chi connectivity index (χ3n) is 4.76. The Hall–Kier alpha value is -0.710. The van der Waals surface area contributed by atoms with Gasteiger partial charge in [0, 0.05) is 35.7 Å². The van der Waals surface area contributed by atoms with E-state index in [1.807, 2.05) is 12.1 Å². The first-order chi connectivity index (χ1) is 10.00. The first kappa shape index (κ1) is 16.7. The Kier molecular flexibility index (Phi) is 5.58. The molecule has 3 atom stereocenters. The van der Waals surface area contributed by atoms with Crippen LogP contribution in [0.1, 0.15) is 26.3 Å². The van der Waals surface area contributed by atoms with Crippen LogP contribution in [-0.2, 0) is 6.42 Å². The molecule has 1 saturated heterocycles. The summed E-state index contributed by atoms with van der Waals surface area (Å²) in [6.07, 6.45) is 0.981. The molecule has 1 aromatic rings. The highest BCUT2D eigenvalue weighted by molar-refractivity contribution is 8.00. The van der Waals surface area contributed by atoms with Gasteiger partial charge in [-0.25, -0.2) is 0 Å². The fraction of sp³-hybridized carbons (Fsp3) is 0.647. The smallest absolute Gasteiger partial charge is 0.118 e. The number of nitrogens with two attached hydrogens (primary N) is 1. The summed E-state index contributed by atoms with van der Waals surface area (Å²) in [4.78, 5) is 2.61. The Morgan fingerprint density at radius 1 is 1.33 bits per heavy atom. The van der Waals surface area contributed by atoms with Crippen LogP contribution in [-0.4, -0.2) is 47.7 Å². The van der Waals surface area contributed by atoms with E-state index in [0.717, 1.165) is 18.7 Å². The molecule has 4 heteroatoms. The van der Waals surface area contributed by atoms with Crippen LogP contribution in [0.15, 0.2) is 24.3 Å². The van der Waals surface area contributed by atoms with E-state index in [1.165, 1.54) is 11.3 Å². The van der Waals surface area contributed by atoms with Gasteiger partial charge in [-0.2, -0.15) is 11.8 Å². The molecule has 21 heavy (non-hydrogen) atoms. The maximum absolute atomic E-state index is 6.18. The van der Waals surface area contributed by atoms with Crippen LogP contribution in [0, 0.1) is 0 Å². The van der Waals surface area contributed by atoms with E-state index < -0.39 is 0 Å². The van der Waals surface area contributed by atoms with Gasteiger partial charge in [0.25, 0.3) is 0 Å². The number of hydrogen-bond acceptors (Lipinski definition) is 4. The monoisotopic (exact) mass is 308 g/mol. The van der Waals surface area contributed by atoms with Crippen molar-refractivity contribution in [3.05, 3.63) is 29.8 Å². The van der Waals surface area contributed by atoms with E-state index in [-0.39, 0.29) is 5.54 Å². The summed E-state index contributed by atoms with van der Waals surface area (Å²) in [6.45, 7) is 8.77. The third-order valence-corrected chi connectivity index (χ3v) is 6.10. The summed E-state index contributed by atoms with van der Waals surface area (Å²) >= 11 is 2.07. The zero-order valence-corrected chi connectivity index (χ0v) is 14.5. The third kappa shape index (κ3) is 3.74. The van der Waals surface area contributed by atoms with Crippen LogP contribution >= 0.6 is 11.8 Å². The molecule has 3 nitrogen and oxygen atoms in total. The summed E-state index contributed by atoms with van der Waals surface area (Å²) in [5.74, 6) is 2.11. The number of benzene rings is 1. The van der Waals surface area contributed by atoms with Crippen LogP contribution in [0.2, 0.25) is 0 Å². The molecule has 1 heterocycles. The molecule has 0 radical (unpaired) electrons. The second-order valence-electron chi connectivity index (χ2n) is 6.24. The number of thioether (sulfide) groups is 1. The molecule has 1 aliphatic rings. The second-order valence-corrected chi connectivity index (χ2v) is 7.72. The molecule has 118 valence electrons. The Morgan fingerprint density at radius 3 is 2.57 bits per heavy atom. The maximum Gasteiger partial charge on any atom is 0.118 e. The van der Waals surface area contributed by atoms with Crippen molar-refractivity contribution in [1.82, 2.24) is 4.90 Å². The second kappa shape index (κ2) is 7.03. The molecule has 1 aromatic carbocycles. The van der Waals surface area contributed by atoms with Crippen LogP contribution in [0.25, 0.3) is 0 Å². The van der Waals surface area contributed by atoms with Crippen molar-refractivity contribution in [2.45, 2.75) is 44.0 Å². The lowest BCUT2D eigenvalue weighted by Crippen LogP contribution is -2.60. The van der Waals surface area contributed by atoms with Gasteiger partial charge in [-0.05, 0) is 38.0 Å². The molecule has 3 unspecified atom stereocenters. The molecule has 0 spiro atoms. The highest BCUT2D eigenvalue weighted by Crippen LogP contribution is 2.32. The Labute approximate surface area is 133 Å². The zero-order valence-electron chi connectivity index (χ0n) is 13.6. The van der Waals surface area contributed by atoms with Gasteiger partial charge in [-0.1, -0.05) is 19.1 Å². The molecular weight excluding hydrogens is 280 g/mol. The van der Waals surface area contributed by atoms with Gasteiger partial charge in [0.05, 0.1) is 7.11 Å². The summed E-state index contributed by atoms with van der Waals surface area (Å²) in [5, 5.41) is 0.667. The van der Waals surface area contributed by atoms with Crippen molar-refractivity contribution in [1.29, 1.82) is 0 Å². The van der Waals surface area contributed by atoms with Gasteiger partial charge in [0.2, 0.25) is 0 Å². The molecule has 2 rings (SSSR count). The average Bonchev–Trinajstić information content (AvgIpc) is 2.50. The topological polar surface area (TPSA) is 38.5 Å². The van der Waals surface area contributed by atoms with E-state index in [2.05, 4.69) is 49.6 Å². The molecule has 0 aliphatic carbocycles. The standard InChI is InChI=1S/C17H28N2OS/c1-13-14(2)21-10-9-19(13)17(3,12-18)11-15-5-7-16(20-4)8-6-15/h5-8,13-14H,9-12,18H2,1-4H3. The molecule has 1 aliphatic heterocycles. The Balaban J connectivity index is 2.15. The van der Waals surface area contributed by atoms with E-state index in [0.29, 0.717) is 17.8 Å². The molecule has 0 aromatic heterocycles. The fourth-order valence-electron chi connectivity index (χ4n) is 3.17. The van der Waals surface area contributed by atoms with Crippen LogP contribution < -0.4 is 10.5 Å². The molecular formula is C17H28N2OS. The maximum atomic E-state index is 6.18. The van der Waals surface area contributed by atoms with Crippen LogP contribution in [0.5, 0.6) is 5.75 Å². The van der Waals surface area contributed by atoms with Gasteiger partial charge in [0.1, 0.15) is 5.75 Å². The number of nitrogens with zero attached hydrogens (tertiary/aromatic N) is 1. The number of ether oxygens (including phenoxy) is 1. The van der Waals surface area contributed by atoms with Crippen LogP contribution in [0.4, 0.5) is 0 Å². The molecule has 1 fully saturated rings. The lowest BCUT2D eigenvalue weighted by molar-refractivity contribution is 0.0714. The lowest BCUT2D eigenvalue weighted by atomic mass is 9.89. The molecule has 0 saturated carbocycles. The highest BCUT2D eigenvalue weighted by atomic mass is 32.2. The predicted molar refractivity (Wildman–Crippen MR) is 92.2 cm³/mol. The summed E-state index contributed by atoms with van der Waals surface area (Å²) in [7, 11) is 1.70. The van der Waals surface area contributed by atoms with E-state index in [1.54, 1.807) is 7.11 Å². The van der Waals surface area contributed by atoms with Crippen molar-refractivity contribution in [2.24, 2.45) is 5.73 Å². The minimum Gasteiger partial charge on any atom is -0.497 e. The zero-order chi connectivity index (χ0) is 15.5. The van der Waals surface area contributed by atoms with Gasteiger partial charge in [-0.15, -0.1) is 0 Å². The first-order valence-corrected chi connectivity index (χ1v) is 8.76. The van der Waals surface area contributed by atoms with Gasteiger partial charge in [-0.3, -0.25) is 4.90 Å². The Bertz CT molecular complexity index is 451. The predicted octanol–water partition coefficient (Wildman–Crippen LogP) is 2.78. The van der Waals surface area contributed by atoms with Gasteiger partial charge in [0.15, 0.2) is 0 Å². The van der Waals surface area contributed by atoms with Crippen molar-refractivity contribution >= 4 is 11.8 Å². The normalized spacial score (nSPS) is 26.3. The van der Waals surface area contributed by atoms with Crippen molar-refractivity contribution in [3.63, 3.8) is 0 Å². The summed E-state index contributed by atoms with van der Waals surface area (Å²) < 4.78 is 5.24. The Morgan fingerprint density at radius 2 is 2.00 bits per heavy atom.